The summed E-state index contributed by atoms with van der Waals surface area (Å²) < 4.78 is 0. The van der Waals surface area contributed by atoms with Crippen LogP contribution in [-0.4, -0.2) is 23.3 Å². The molecule has 2 N–H and O–H groups in total. The predicted octanol–water partition coefficient (Wildman–Crippen LogP) is 4.41. The minimum atomic E-state index is -0.121. The van der Waals surface area contributed by atoms with Crippen LogP contribution in [0.15, 0.2) is 59.3 Å². The molecule has 0 spiro atoms. The number of rotatable bonds is 8. The van der Waals surface area contributed by atoms with Crippen LogP contribution in [0.25, 0.3) is 0 Å². The highest BCUT2D eigenvalue weighted by molar-refractivity contribution is 7.10. The van der Waals surface area contributed by atoms with E-state index in [-0.39, 0.29) is 11.8 Å². The standard InChI is InChI=1S/C20H21N3O2S2/c1-15(24)21-16-6-8-17(9-7-16)22-20(25)14-23(12-18-4-2-10-26-18)13-19-5-3-11-27-19/h2-11H,12-14H2,1H3,(H,21,24)(H,22,25). The topological polar surface area (TPSA) is 61.4 Å². The minimum Gasteiger partial charge on any atom is -0.326 e. The third-order valence-electron chi connectivity index (χ3n) is 3.78. The van der Waals surface area contributed by atoms with Gasteiger partial charge in [0.15, 0.2) is 0 Å². The molecule has 0 aliphatic carbocycles. The summed E-state index contributed by atoms with van der Waals surface area (Å²) in [5.41, 5.74) is 1.42. The maximum atomic E-state index is 12.5. The monoisotopic (exact) mass is 399 g/mol. The zero-order valence-corrected chi connectivity index (χ0v) is 16.6. The first kappa shape index (κ1) is 19.3. The van der Waals surface area contributed by atoms with E-state index in [2.05, 4.69) is 38.4 Å². The van der Waals surface area contributed by atoms with E-state index in [9.17, 15) is 9.59 Å². The number of carbonyl (C=O) groups is 2. The summed E-state index contributed by atoms with van der Waals surface area (Å²) in [7, 11) is 0. The van der Waals surface area contributed by atoms with E-state index in [1.54, 1.807) is 46.9 Å². The Morgan fingerprint density at radius 3 is 1.81 bits per heavy atom. The Morgan fingerprint density at radius 2 is 1.37 bits per heavy atom. The van der Waals surface area contributed by atoms with Crippen molar-refractivity contribution in [1.29, 1.82) is 0 Å². The van der Waals surface area contributed by atoms with Gasteiger partial charge in [-0.05, 0) is 47.2 Å². The Hall–Kier alpha value is -2.48. The molecule has 0 fully saturated rings. The summed E-state index contributed by atoms with van der Waals surface area (Å²) in [5.74, 6) is -0.181. The van der Waals surface area contributed by atoms with Gasteiger partial charge < -0.3 is 10.6 Å². The highest BCUT2D eigenvalue weighted by atomic mass is 32.1. The molecule has 140 valence electrons. The molecule has 0 aliphatic heterocycles. The van der Waals surface area contributed by atoms with E-state index < -0.39 is 0 Å². The molecule has 3 aromatic rings. The second-order valence-corrected chi connectivity index (χ2v) is 8.18. The van der Waals surface area contributed by atoms with Gasteiger partial charge in [-0.15, -0.1) is 22.7 Å². The Morgan fingerprint density at radius 1 is 0.852 bits per heavy atom. The molecule has 5 nitrogen and oxygen atoms in total. The SMILES string of the molecule is CC(=O)Nc1ccc(NC(=O)CN(Cc2cccs2)Cc2cccs2)cc1. The van der Waals surface area contributed by atoms with E-state index in [0.29, 0.717) is 17.9 Å². The van der Waals surface area contributed by atoms with E-state index in [4.69, 9.17) is 0 Å². The number of nitrogens with zero attached hydrogens (tertiary/aromatic N) is 1. The number of carbonyl (C=O) groups excluding carboxylic acids is 2. The smallest absolute Gasteiger partial charge is 0.238 e. The molecule has 2 heterocycles. The van der Waals surface area contributed by atoms with Gasteiger partial charge in [0.1, 0.15) is 0 Å². The molecule has 0 saturated heterocycles. The Balaban J connectivity index is 1.60. The number of nitrogens with one attached hydrogen (secondary N) is 2. The van der Waals surface area contributed by atoms with Crippen LogP contribution >= 0.6 is 22.7 Å². The molecule has 0 atom stereocenters. The van der Waals surface area contributed by atoms with Crippen molar-refractivity contribution < 1.29 is 9.59 Å². The normalized spacial score (nSPS) is 10.7. The molecule has 0 radical (unpaired) electrons. The fourth-order valence-corrected chi connectivity index (χ4v) is 4.15. The Labute approximate surface area is 166 Å². The van der Waals surface area contributed by atoms with Crippen molar-refractivity contribution in [3.05, 3.63) is 69.0 Å². The molecule has 2 aromatic heterocycles. The van der Waals surface area contributed by atoms with Gasteiger partial charge in [-0.1, -0.05) is 12.1 Å². The quantitative estimate of drug-likeness (QED) is 0.590. The molecule has 0 unspecified atom stereocenters. The zero-order chi connectivity index (χ0) is 19.1. The van der Waals surface area contributed by atoms with Crippen LogP contribution in [0, 0.1) is 0 Å². The fourth-order valence-electron chi connectivity index (χ4n) is 2.66. The minimum absolute atomic E-state index is 0.0598. The number of thiophene rings is 2. The number of hydrogen-bond donors (Lipinski definition) is 2. The van der Waals surface area contributed by atoms with Crippen LogP contribution in [0.2, 0.25) is 0 Å². The highest BCUT2D eigenvalue weighted by Crippen LogP contribution is 2.18. The van der Waals surface area contributed by atoms with Crippen molar-refractivity contribution in [2.45, 2.75) is 20.0 Å². The maximum absolute atomic E-state index is 12.5. The van der Waals surface area contributed by atoms with Gasteiger partial charge in [0.25, 0.3) is 0 Å². The first-order valence-corrected chi connectivity index (χ1v) is 10.3. The molecule has 0 aliphatic rings. The molecule has 0 saturated carbocycles. The summed E-state index contributed by atoms with van der Waals surface area (Å²) in [6.45, 7) is 3.25. The van der Waals surface area contributed by atoms with Gasteiger partial charge >= 0.3 is 0 Å². The largest absolute Gasteiger partial charge is 0.326 e. The summed E-state index contributed by atoms with van der Waals surface area (Å²) in [6, 6.07) is 15.3. The van der Waals surface area contributed by atoms with Crippen molar-refractivity contribution in [2.24, 2.45) is 0 Å². The molecule has 27 heavy (non-hydrogen) atoms. The number of anilines is 2. The lowest BCUT2D eigenvalue weighted by Gasteiger charge is -2.20. The van der Waals surface area contributed by atoms with E-state index in [0.717, 1.165) is 13.1 Å². The molecule has 1 aromatic carbocycles. The van der Waals surface area contributed by atoms with Crippen molar-refractivity contribution in [1.82, 2.24) is 4.90 Å². The van der Waals surface area contributed by atoms with Crippen LogP contribution in [0.5, 0.6) is 0 Å². The average Bonchev–Trinajstić information content (AvgIpc) is 3.30. The third-order valence-corrected chi connectivity index (χ3v) is 5.50. The van der Waals surface area contributed by atoms with Crippen LogP contribution in [0.3, 0.4) is 0 Å². The van der Waals surface area contributed by atoms with E-state index in [1.165, 1.54) is 16.7 Å². The van der Waals surface area contributed by atoms with Crippen LogP contribution in [0.1, 0.15) is 16.7 Å². The van der Waals surface area contributed by atoms with Gasteiger partial charge in [-0.3, -0.25) is 14.5 Å². The van der Waals surface area contributed by atoms with Crippen molar-refractivity contribution in [2.75, 3.05) is 17.2 Å². The van der Waals surface area contributed by atoms with E-state index in [1.807, 2.05) is 12.1 Å². The molecule has 3 rings (SSSR count). The highest BCUT2D eigenvalue weighted by Gasteiger charge is 2.13. The van der Waals surface area contributed by atoms with Gasteiger partial charge in [0.05, 0.1) is 6.54 Å². The summed E-state index contributed by atoms with van der Waals surface area (Å²) in [5, 5.41) is 9.74. The van der Waals surface area contributed by atoms with Crippen LogP contribution in [0.4, 0.5) is 11.4 Å². The predicted molar refractivity (Wildman–Crippen MR) is 112 cm³/mol. The molecule has 2 amide bonds. The fraction of sp³-hybridized carbons (Fsp3) is 0.200. The lowest BCUT2D eigenvalue weighted by atomic mass is 10.2. The van der Waals surface area contributed by atoms with Gasteiger partial charge in [-0.2, -0.15) is 0 Å². The lowest BCUT2D eigenvalue weighted by molar-refractivity contribution is -0.117. The van der Waals surface area contributed by atoms with Gasteiger partial charge in [0.2, 0.25) is 11.8 Å². The lowest BCUT2D eigenvalue weighted by Crippen LogP contribution is -2.32. The van der Waals surface area contributed by atoms with Crippen molar-refractivity contribution >= 4 is 45.9 Å². The number of benzene rings is 1. The maximum Gasteiger partial charge on any atom is 0.238 e. The van der Waals surface area contributed by atoms with Crippen LogP contribution in [-0.2, 0) is 22.7 Å². The Bertz CT molecular complexity index is 823. The van der Waals surface area contributed by atoms with Crippen molar-refractivity contribution in [3.63, 3.8) is 0 Å². The summed E-state index contributed by atoms with van der Waals surface area (Å²) in [6.07, 6.45) is 0. The van der Waals surface area contributed by atoms with Gasteiger partial charge in [-0.25, -0.2) is 0 Å². The average molecular weight is 400 g/mol. The zero-order valence-electron chi connectivity index (χ0n) is 15.0. The first-order valence-electron chi connectivity index (χ1n) is 8.53. The van der Waals surface area contributed by atoms with E-state index >= 15 is 0 Å². The third kappa shape index (κ3) is 6.32. The molecule has 7 heteroatoms. The second-order valence-electron chi connectivity index (χ2n) is 6.11. The molecular formula is C20H21N3O2S2. The number of amides is 2. The van der Waals surface area contributed by atoms with Crippen molar-refractivity contribution in [3.8, 4) is 0 Å². The molecule has 0 bridgehead atoms. The van der Waals surface area contributed by atoms with Crippen LogP contribution < -0.4 is 10.6 Å². The molecular weight excluding hydrogens is 378 g/mol. The first-order chi connectivity index (χ1) is 13.1. The summed E-state index contributed by atoms with van der Waals surface area (Å²) >= 11 is 3.39. The summed E-state index contributed by atoms with van der Waals surface area (Å²) in [4.78, 5) is 28.2. The van der Waals surface area contributed by atoms with Gasteiger partial charge in [0, 0.05) is 41.1 Å². The Kier molecular flexibility index (Phi) is 6.75. The second kappa shape index (κ2) is 9.45. The number of hydrogen-bond acceptors (Lipinski definition) is 5.